The fourth-order valence-corrected chi connectivity index (χ4v) is 1.89. The van der Waals surface area contributed by atoms with Crippen molar-refractivity contribution in [2.75, 3.05) is 6.54 Å². The SMILES string of the molecule is CC(C)C[C@H](NC(=O)OCc1ccccc1)C(=O)NCC(=O)[O-]. The van der Waals surface area contributed by atoms with Crippen molar-refractivity contribution in [2.24, 2.45) is 5.92 Å². The monoisotopic (exact) mass is 321 g/mol. The molecule has 1 atom stereocenters. The molecule has 0 heterocycles. The van der Waals surface area contributed by atoms with E-state index < -0.39 is 30.6 Å². The quantitative estimate of drug-likeness (QED) is 0.711. The van der Waals surface area contributed by atoms with E-state index in [1.165, 1.54) is 0 Å². The summed E-state index contributed by atoms with van der Waals surface area (Å²) >= 11 is 0. The normalized spacial score (nSPS) is 11.6. The number of carbonyl (C=O) groups excluding carboxylic acids is 3. The molecule has 0 unspecified atom stereocenters. The molecule has 0 radical (unpaired) electrons. The Morgan fingerprint density at radius 2 is 1.83 bits per heavy atom. The van der Waals surface area contributed by atoms with Gasteiger partial charge in [-0.15, -0.1) is 0 Å². The highest BCUT2D eigenvalue weighted by Gasteiger charge is 2.22. The van der Waals surface area contributed by atoms with Crippen LogP contribution in [0.15, 0.2) is 30.3 Å². The molecule has 1 rings (SSSR count). The highest BCUT2D eigenvalue weighted by Crippen LogP contribution is 2.06. The van der Waals surface area contributed by atoms with Gasteiger partial charge in [0.1, 0.15) is 12.6 Å². The molecule has 0 saturated heterocycles. The van der Waals surface area contributed by atoms with E-state index in [9.17, 15) is 19.5 Å². The van der Waals surface area contributed by atoms with Crippen molar-refractivity contribution in [3.8, 4) is 0 Å². The number of hydrogen-bond donors (Lipinski definition) is 2. The van der Waals surface area contributed by atoms with E-state index in [0.717, 1.165) is 5.56 Å². The lowest BCUT2D eigenvalue weighted by atomic mass is 10.0. The minimum atomic E-state index is -1.40. The smallest absolute Gasteiger partial charge is 0.408 e. The van der Waals surface area contributed by atoms with Crippen molar-refractivity contribution in [1.29, 1.82) is 0 Å². The molecule has 23 heavy (non-hydrogen) atoms. The number of carbonyl (C=O) groups is 3. The fraction of sp³-hybridized carbons (Fsp3) is 0.438. The van der Waals surface area contributed by atoms with E-state index in [4.69, 9.17) is 4.74 Å². The van der Waals surface area contributed by atoms with Crippen molar-refractivity contribution < 1.29 is 24.2 Å². The summed E-state index contributed by atoms with van der Waals surface area (Å²) in [6.07, 6.45) is -0.373. The molecule has 7 nitrogen and oxygen atoms in total. The van der Waals surface area contributed by atoms with Gasteiger partial charge in [0.2, 0.25) is 5.91 Å². The molecule has 126 valence electrons. The maximum absolute atomic E-state index is 11.9. The number of carboxylic acids is 1. The van der Waals surface area contributed by atoms with Crippen molar-refractivity contribution in [3.63, 3.8) is 0 Å². The lowest BCUT2D eigenvalue weighted by molar-refractivity contribution is -0.304. The molecule has 1 aromatic rings. The second-order valence-electron chi connectivity index (χ2n) is 5.48. The highest BCUT2D eigenvalue weighted by atomic mass is 16.5. The van der Waals surface area contributed by atoms with Crippen LogP contribution in [0, 0.1) is 5.92 Å². The summed E-state index contributed by atoms with van der Waals surface area (Å²) in [7, 11) is 0. The molecule has 0 bridgehead atoms. The second-order valence-corrected chi connectivity index (χ2v) is 5.48. The Balaban J connectivity index is 2.52. The van der Waals surface area contributed by atoms with Gasteiger partial charge in [0.05, 0.1) is 12.5 Å². The van der Waals surface area contributed by atoms with E-state index in [1.54, 1.807) is 0 Å². The van der Waals surface area contributed by atoms with Crippen LogP contribution in [0.4, 0.5) is 4.79 Å². The van der Waals surface area contributed by atoms with Gasteiger partial charge >= 0.3 is 6.09 Å². The minimum Gasteiger partial charge on any atom is -0.548 e. The number of benzene rings is 1. The van der Waals surface area contributed by atoms with Gasteiger partial charge in [-0.3, -0.25) is 4.79 Å². The first-order valence-corrected chi connectivity index (χ1v) is 7.33. The van der Waals surface area contributed by atoms with Gasteiger partial charge in [-0.05, 0) is 17.9 Å². The van der Waals surface area contributed by atoms with Crippen molar-refractivity contribution in [1.82, 2.24) is 10.6 Å². The number of aliphatic carboxylic acids is 1. The van der Waals surface area contributed by atoms with Gasteiger partial charge < -0.3 is 25.3 Å². The average Bonchev–Trinajstić information content (AvgIpc) is 2.50. The molecule has 2 N–H and O–H groups in total. The summed E-state index contributed by atoms with van der Waals surface area (Å²) in [6, 6.07) is 8.26. The van der Waals surface area contributed by atoms with E-state index in [1.807, 2.05) is 44.2 Å². The zero-order valence-corrected chi connectivity index (χ0v) is 13.2. The summed E-state index contributed by atoms with van der Waals surface area (Å²) < 4.78 is 5.06. The van der Waals surface area contributed by atoms with Gasteiger partial charge in [0.15, 0.2) is 0 Å². The molecule has 0 aliphatic rings. The molecule has 0 saturated carbocycles. The van der Waals surface area contributed by atoms with Crippen LogP contribution in [0.25, 0.3) is 0 Å². The maximum atomic E-state index is 11.9. The Kier molecular flexibility index (Phi) is 7.59. The first-order chi connectivity index (χ1) is 10.9. The molecule has 0 aromatic heterocycles. The largest absolute Gasteiger partial charge is 0.548 e. The standard InChI is InChI=1S/C16H22N2O5/c1-11(2)8-13(15(21)17-9-14(19)20)18-16(22)23-10-12-6-4-3-5-7-12/h3-7,11,13H,8-10H2,1-2H3,(H,17,21)(H,18,22)(H,19,20)/p-1/t13-/m0/s1. The predicted octanol–water partition coefficient (Wildman–Crippen LogP) is 0.194. The third-order valence-electron chi connectivity index (χ3n) is 2.94. The Hall–Kier alpha value is -2.57. The predicted molar refractivity (Wildman–Crippen MR) is 81.0 cm³/mol. The summed E-state index contributed by atoms with van der Waals surface area (Å²) in [5.41, 5.74) is 0.824. The van der Waals surface area contributed by atoms with Crippen molar-refractivity contribution >= 4 is 18.0 Å². The maximum Gasteiger partial charge on any atom is 0.408 e. The lowest BCUT2D eigenvalue weighted by Gasteiger charge is -2.20. The molecule has 0 fully saturated rings. The van der Waals surface area contributed by atoms with Gasteiger partial charge in [-0.1, -0.05) is 44.2 Å². The number of amides is 2. The second kappa shape index (κ2) is 9.45. The zero-order chi connectivity index (χ0) is 17.2. The molecule has 0 aliphatic heterocycles. The van der Waals surface area contributed by atoms with Gasteiger partial charge in [0.25, 0.3) is 0 Å². The number of nitrogens with one attached hydrogen (secondary N) is 2. The highest BCUT2D eigenvalue weighted by molar-refractivity contribution is 5.87. The van der Waals surface area contributed by atoms with Crippen LogP contribution in [0.3, 0.4) is 0 Å². The van der Waals surface area contributed by atoms with Crippen LogP contribution < -0.4 is 15.7 Å². The van der Waals surface area contributed by atoms with Crippen LogP contribution in [0.5, 0.6) is 0 Å². The van der Waals surface area contributed by atoms with Crippen LogP contribution in [0.2, 0.25) is 0 Å². The molecule has 0 aliphatic carbocycles. The first kappa shape index (κ1) is 18.5. The fourth-order valence-electron chi connectivity index (χ4n) is 1.89. The van der Waals surface area contributed by atoms with Gasteiger partial charge in [-0.2, -0.15) is 0 Å². The summed E-state index contributed by atoms with van der Waals surface area (Å²) in [5.74, 6) is -1.85. The van der Waals surface area contributed by atoms with E-state index in [-0.39, 0.29) is 12.5 Å². The number of hydrogen-bond acceptors (Lipinski definition) is 5. The summed E-state index contributed by atoms with van der Waals surface area (Å²) in [4.78, 5) is 34.1. The molecular weight excluding hydrogens is 300 g/mol. The molecular formula is C16H21N2O5-. The van der Waals surface area contributed by atoms with Gasteiger partial charge in [0, 0.05) is 0 Å². The van der Waals surface area contributed by atoms with E-state index >= 15 is 0 Å². The Bertz CT molecular complexity index is 531. The average molecular weight is 321 g/mol. The number of carboxylic acid groups (broad SMARTS) is 1. The number of rotatable bonds is 8. The zero-order valence-electron chi connectivity index (χ0n) is 13.2. The molecule has 2 amide bonds. The van der Waals surface area contributed by atoms with Crippen LogP contribution in [-0.2, 0) is 20.9 Å². The van der Waals surface area contributed by atoms with E-state index in [0.29, 0.717) is 6.42 Å². The molecule has 0 spiro atoms. The third kappa shape index (κ3) is 7.85. The van der Waals surface area contributed by atoms with Crippen LogP contribution in [0.1, 0.15) is 25.8 Å². The first-order valence-electron chi connectivity index (χ1n) is 7.33. The summed E-state index contributed by atoms with van der Waals surface area (Å²) in [5, 5.41) is 15.0. The van der Waals surface area contributed by atoms with Crippen LogP contribution in [-0.4, -0.2) is 30.6 Å². The van der Waals surface area contributed by atoms with Crippen molar-refractivity contribution in [3.05, 3.63) is 35.9 Å². The Morgan fingerprint density at radius 3 is 2.39 bits per heavy atom. The van der Waals surface area contributed by atoms with Gasteiger partial charge in [-0.25, -0.2) is 4.79 Å². The lowest BCUT2D eigenvalue weighted by Crippen LogP contribution is -2.50. The number of alkyl carbamates (subject to hydrolysis) is 1. The molecule has 7 heteroatoms. The van der Waals surface area contributed by atoms with Crippen LogP contribution >= 0.6 is 0 Å². The number of ether oxygens (including phenoxy) is 1. The third-order valence-corrected chi connectivity index (χ3v) is 2.94. The van der Waals surface area contributed by atoms with Crippen molar-refractivity contribution in [2.45, 2.75) is 32.9 Å². The summed E-state index contributed by atoms with van der Waals surface area (Å²) in [6.45, 7) is 3.25. The molecule has 1 aromatic carbocycles. The Morgan fingerprint density at radius 1 is 1.17 bits per heavy atom. The minimum absolute atomic E-state index is 0.0851. The topological polar surface area (TPSA) is 108 Å². The Labute approximate surface area is 135 Å². The van der Waals surface area contributed by atoms with E-state index in [2.05, 4.69) is 10.6 Å².